The maximum Gasteiger partial charge on any atom is 0.328 e. The van der Waals surface area contributed by atoms with Crippen LogP contribution in [0.25, 0.3) is 10.9 Å². The molecular formula is C44H51ClN10O5. The molecule has 60 heavy (non-hydrogen) atoms. The number of benzene rings is 2. The predicted octanol–water partition coefficient (Wildman–Crippen LogP) is 5.78. The third kappa shape index (κ3) is 9.05. The summed E-state index contributed by atoms with van der Waals surface area (Å²) >= 11 is 6.15. The molecule has 0 spiro atoms. The fraction of sp³-hybridized carbons (Fsp3) is 0.477. The number of carbonyl (C=O) groups excluding carboxylic acids is 4. The van der Waals surface area contributed by atoms with Gasteiger partial charge >= 0.3 is 6.03 Å². The number of aromatic nitrogens is 3. The minimum Gasteiger partial charge on any atom is -0.490 e. The van der Waals surface area contributed by atoms with Gasteiger partial charge in [0.1, 0.15) is 11.8 Å². The van der Waals surface area contributed by atoms with E-state index in [9.17, 15) is 19.2 Å². The van der Waals surface area contributed by atoms with Crippen LogP contribution in [0.4, 0.5) is 16.3 Å². The Hall–Kier alpha value is -5.72. The van der Waals surface area contributed by atoms with E-state index in [0.29, 0.717) is 52.3 Å². The number of piperidine rings is 1. The van der Waals surface area contributed by atoms with E-state index in [4.69, 9.17) is 21.6 Å². The number of rotatable bonds is 10. The highest BCUT2D eigenvalue weighted by molar-refractivity contribution is 6.31. The second-order valence-corrected chi connectivity index (χ2v) is 17.0. The van der Waals surface area contributed by atoms with Gasteiger partial charge in [0, 0.05) is 94.1 Å². The summed E-state index contributed by atoms with van der Waals surface area (Å²) < 4.78 is 8.19. The Balaban J connectivity index is 0.782. The second-order valence-electron chi connectivity index (χ2n) is 16.6. The number of amides is 5. The van der Waals surface area contributed by atoms with Crippen molar-refractivity contribution in [3.63, 3.8) is 0 Å². The summed E-state index contributed by atoms with van der Waals surface area (Å²) in [7, 11) is 0. The molecule has 4 fully saturated rings. The summed E-state index contributed by atoms with van der Waals surface area (Å²) in [6.07, 6.45) is 7.40. The number of hydrogen-bond donors (Lipinski definition) is 2. The molecule has 5 heterocycles. The zero-order chi connectivity index (χ0) is 41.9. The van der Waals surface area contributed by atoms with Gasteiger partial charge in [0.2, 0.25) is 5.91 Å². The monoisotopic (exact) mass is 834 g/mol. The van der Waals surface area contributed by atoms with Crippen LogP contribution < -0.4 is 25.2 Å². The van der Waals surface area contributed by atoms with Gasteiger partial charge < -0.3 is 24.4 Å². The molecule has 314 valence electrons. The van der Waals surface area contributed by atoms with Crippen LogP contribution in [-0.4, -0.2) is 113 Å². The number of ether oxygens (including phenoxy) is 1. The molecule has 3 aliphatic heterocycles. The predicted molar refractivity (Wildman–Crippen MR) is 227 cm³/mol. The van der Waals surface area contributed by atoms with Crippen molar-refractivity contribution in [3.05, 3.63) is 76.6 Å². The lowest BCUT2D eigenvalue weighted by Crippen LogP contribution is -2.51. The highest BCUT2D eigenvalue weighted by atomic mass is 35.5. The maximum absolute atomic E-state index is 14.0. The van der Waals surface area contributed by atoms with Crippen LogP contribution in [0.1, 0.15) is 91.2 Å². The van der Waals surface area contributed by atoms with Crippen molar-refractivity contribution >= 4 is 57.8 Å². The number of nitrogens with one attached hydrogen (secondary N) is 2. The first-order chi connectivity index (χ1) is 29.0. The number of piperazine rings is 1. The number of nitrogens with zero attached hydrogens (tertiary/aromatic N) is 8. The molecule has 0 unspecified atom stereocenters. The molecule has 1 saturated carbocycles. The normalized spacial score (nSPS) is 20.6. The Morgan fingerprint density at radius 1 is 0.933 bits per heavy atom. The van der Waals surface area contributed by atoms with Crippen LogP contribution in [0, 0.1) is 17.2 Å². The standard InChI is InChI=1S/C44H51ClN10O5/c1-28(2)54-17-13-35-38(54)23-31(24-39(35)55-18-14-41(56)48-44(55)59)43(58)53-21-19-51(20-22-53)27-29-11-15-52(16-12-29)40-10-9-37(49-50-40)42(57)47-32-4-7-33(8-5-32)60-34-6-3-30(26-46)36(45)25-34/h3,6,9-10,13,17,23-25,28-29,32-33H,4-5,7-8,11-12,14-16,18-22,27H2,1-2H3,(H,47,57)(H,48,56,59). The maximum atomic E-state index is 14.0. The fourth-order valence-corrected chi connectivity index (χ4v) is 9.12. The molecule has 2 aromatic carbocycles. The Morgan fingerprint density at radius 2 is 1.70 bits per heavy atom. The summed E-state index contributed by atoms with van der Waals surface area (Å²) in [5.41, 5.74) is 2.79. The van der Waals surface area contributed by atoms with Crippen LogP contribution in [0.3, 0.4) is 0 Å². The van der Waals surface area contributed by atoms with E-state index in [0.717, 1.165) is 88.0 Å². The van der Waals surface area contributed by atoms with Gasteiger partial charge in [-0.1, -0.05) is 11.6 Å². The second kappa shape index (κ2) is 17.9. The van der Waals surface area contributed by atoms with E-state index in [2.05, 4.69) is 55.1 Å². The largest absolute Gasteiger partial charge is 0.490 e. The van der Waals surface area contributed by atoms with Crippen molar-refractivity contribution in [2.24, 2.45) is 5.92 Å². The van der Waals surface area contributed by atoms with Crippen molar-refractivity contribution in [2.45, 2.75) is 77.0 Å². The Bertz CT molecular complexity index is 2280. The quantitative estimate of drug-likeness (QED) is 0.200. The number of anilines is 2. The molecule has 0 bridgehead atoms. The lowest BCUT2D eigenvalue weighted by atomic mass is 9.93. The zero-order valence-electron chi connectivity index (χ0n) is 34.1. The van der Waals surface area contributed by atoms with Crippen molar-refractivity contribution in [1.29, 1.82) is 5.26 Å². The molecule has 5 amide bonds. The molecular weight excluding hydrogens is 784 g/mol. The minimum absolute atomic E-state index is 0.0193. The molecule has 1 aliphatic carbocycles. The average Bonchev–Trinajstić information content (AvgIpc) is 3.69. The summed E-state index contributed by atoms with van der Waals surface area (Å²) in [6, 6.07) is 16.2. The van der Waals surface area contributed by atoms with Crippen LogP contribution in [0.2, 0.25) is 5.02 Å². The highest BCUT2D eigenvalue weighted by Crippen LogP contribution is 2.34. The molecule has 16 heteroatoms. The Kier molecular flexibility index (Phi) is 12.2. The first-order valence-corrected chi connectivity index (χ1v) is 21.4. The Labute approximate surface area is 354 Å². The number of fused-ring (bicyclic) bond motifs is 1. The third-order valence-corrected chi connectivity index (χ3v) is 12.6. The summed E-state index contributed by atoms with van der Waals surface area (Å²) in [6.45, 7) is 9.94. The van der Waals surface area contributed by atoms with Crippen LogP contribution in [-0.2, 0) is 4.79 Å². The van der Waals surface area contributed by atoms with E-state index >= 15 is 0 Å². The van der Waals surface area contributed by atoms with Gasteiger partial charge in [0.15, 0.2) is 11.5 Å². The molecule has 15 nitrogen and oxygen atoms in total. The Morgan fingerprint density at radius 3 is 2.37 bits per heavy atom. The van der Waals surface area contributed by atoms with Gasteiger partial charge in [-0.15, -0.1) is 10.2 Å². The van der Waals surface area contributed by atoms with Crippen LogP contribution in [0.5, 0.6) is 5.75 Å². The smallest absolute Gasteiger partial charge is 0.328 e. The average molecular weight is 835 g/mol. The lowest BCUT2D eigenvalue weighted by molar-refractivity contribution is -0.120. The van der Waals surface area contributed by atoms with Gasteiger partial charge in [-0.05, 0) is 101 Å². The van der Waals surface area contributed by atoms with E-state index < -0.39 is 6.03 Å². The van der Waals surface area contributed by atoms with Gasteiger partial charge in [-0.2, -0.15) is 5.26 Å². The minimum atomic E-state index is -0.466. The molecule has 8 rings (SSSR count). The van der Waals surface area contributed by atoms with E-state index in [1.54, 1.807) is 35.2 Å². The molecule has 2 N–H and O–H groups in total. The van der Waals surface area contributed by atoms with E-state index in [1.165, 1.54) is 0 Å². The topological polar surface area (TPSA) is 169 Å². The third-order valence-electron chi connectivity index (χ3n) is 12.3. The molecule has 4 aliphatic rings. The zero-order valence-corrected chi connectivity index (χ0v) is 34.9. The summed E-state index contributed by atoms with van der Waals surface area (Å²) in [5, 5.41) is 24.6. The number of carbonyl (C=O) groups is 4. The molecule has 0 atom stereocenters. The first-order valence-electron chi connectivity index (χ1n) is 21.1. The number of hydrogen-bond acceptors (Lipinski definition) is 10. The summed E-state index contributed by atoms with van der Waals surface area (Å²) in [5.74, 6) is 1.37. The number of halogens is 1. The molecule has 0 radical (unpaired) electrons. The lowest BCUT2D eigenvalue weighted by Gasteiger charge is -2.39. The number of nitriles is 1. The van der Waals surface area contributed by atoms with Crippen LogP contribution >= 0.6 is 11.6 Å². The van der Waals surface area contributed by atoms with Crippen molar-refractivity contribution in [1.82, 2.24) is 35.2 Å². The molecule has 3 saturated heterocycles. The SMILES string of the molecule is CC(C)n1ccc2c(N3CCC(=O)NC3=O)cc(C(=O)N3CCN(CC4CCN(c5ccc(C(=O)NC6CCC(Oc7ccc(C#N)c(Cl)c7)CC6)nn5)CC4)CC3)cc21. The fourth-order valence-electron chi connectivity index (χ4n) is 8.91. The van der Waals surface area contributed by atoms with Gasteiger partial charge in [-0.3, -0.25) is 29.5 Å². The van der Waals surface area contributed by atoms with Gasteiger partial charge in [0.25, 0.3) is 11.8 Å². The van der Waals surface area contributed by atoms with Crippen molar-refractivity contribution in [2.75, 3.05) is 62.2 Å². The van der Waals surface area contributed by atoms with Crippen molar-refractivity contribution < 1.29 is 23.9 Å². The number of urea groups is 1. The van der Waals surface area contributed by atoms with Gasteiger partial charge in [0.05, 0.1) is 27.9 Å². The van der Waals surface area contributed by atoms with Crippen LogP contribution in [0.15, 0.2) is 54.7 Å². The first kappa shape index (κ1) is 41.0. The summed E-state index contributed by atoms with van der Waals surface area (Å²) in [4.78, 5) is 60.0. The van der Waals surface area contributed by atoms with Crippen molar-refractivity contribution in [3.8, 4) is 11.8 Å². The molecule has 2 aromatic heterocycles. The highest BCUT2D eigenvalue weighted by Gasteiger charge is 2.31. The molecule has 4 aromatic rings. The van der Waals surface area contributed by atoms with Gasteiger partial charge in [-0.25, -0.2) is 4.79 Å². The van der Waals surface area contributed by atoms with E-state index in [1.807, 2.05) is 29.3 Å². The van der Waals surface area contributed by atoms with E-state index in [-0.39, 0.29) is 48.9 Å². The number of imide groups is 1.